The number of benzene rings is 3. The molecule has 7 rings (SSSR count). The Labute approximate surface area is 267 Å². The maximum atomic E-state index is 16.0. The van der Waals surface area contributed by atoms with Gasteiger partial charge in [-0.15, -0.1) is 0 Å². The van der Waals surface area contributed by atoms with Crippen LogP contribution in [-0.2, 0) is 9.53 Å². The van der Waals surface area contributed by atoms with Gasteiger partial charge in [0.2, 0.25) is 11.8 Å². The second-order valence-electron chi connectivity index (χ2n) is 12.2. The highest BCUT2D eigenvalue weighted by Crippen LogP contribution is 2.48. The average Bonchev–Trinajstić information content (AvgIpc) is 3.53. The van der Waals surface area contributed by atoms with Crippen LogP contribution in [0.3, 0.4) is 0 Å². The molecule has 2 saturated heterocycles. The van der Waals surface area contributed by atoms with Crippen molar-refractivity contribution in [1.82, 2.24) is 19.7 Å². The van der Waals surface area contributed by atoms with Gasteiger partial charge in [0.25, 0.3) is 5.91 Å². The number of nitrogens with zero attached hydrogens (tertiary/aromatic N) is 4. The molecule has 2 fully saturated rings. The molecule has 4 aromatic rings. The van der Waals surface area contributed by atoms with Gasteiger partial charge in [-0.25, -0.2) is 4.39 Å². The minimum atomic E-state index is -0.605. The van der Waals surface area contributed by atoms with E-state index in [1.807, 2.05) is 48.3 Å². The third-order valence-electron chi connectivity index (χ3n) is 9.28. The van der Waals surface area contributed by atoms with Gasteiger partial charge in [0.15, 0.2) is 17.3 Å². The number of methoxy groups -OCH3 is 1. The Morgan fingerprint density at radius 1 is 1.13 bits per heavy atom. The van der Waals surface area contributed by atoms with Crippen molar-refractivity contribution in [2.75, 3.05) is 58.3 Å². The molecule has 0 radical (unpaired) electrons. The van der Waals surface area contributed by atoms with Crippen molar-refractivity contribution in [2.45, 2.75) is 38.8 Å². The van der Waals surface area contributed by atoms with E-state index in [4.69, 9.17) is 9.47 Å². The number of hydrogen-bond donors (Lipinski definition) is 1. The summed E-state index contributed by atoms with van der Waals surface area (Å²) in [6, 6.07) is 12.8. The van der Waals surface area contributed by atoms with Crippen LogP contribution in [0.25, 0.3) is 27.4 Å². The summed E-state index contributed by atoms with van der Waals surface area (Å²) in [5.41, 5.74) is 0.825. The highest BCUT2D eigenvalue weighted by Gasteiger charge is 2.34. The van der Waals surface area contributed by atoms with Crippen LogP contribution < -0.4 is 20.4 Å². The number of nitrogens with one attached hydrogen (secondary N) is 1. The zero-order chi connectivity index (χ0) is 32.5. The molecule has 3 aliphatic heterocycles. The van der Waals surface area contributed by atoms with Gasteiger partial charge in [0.05, 0.1) is 17.2 Å². The molecule has 2 atom stereocenters. The number of halogens is 1. The van der Waals surface area contributed by atoms with Crippen molar-refractivity contribution in [3.63, 3.8) is 0 Å². The lowest BCUT2D eigenvalue weighted by Gasteiger charge is -2.33. The SMILES string of the molecule is CCC(C)OC.CN1CCN(C(=O)c2cn3c4c(c(N5CCC(NC=O)C5)c(F)cc4c2=O)Oc2cc4ccccc4cc2-3)CC1. The lowest BCUT2D eigenvalue weighted by Crippen LogP contribution is -2.48. The maximum absolute atomic E-state index is 16.0. The first-order valence-corrected chi connectivity index (χ1v) is 15.8. The van der Waals surface area contributed by atoms with Crippen molar-refractivity contribution in [1.29, 1.82) is 0 Å². The number of anilines is 1. The normalized spacial score (nSPS) is 18.1. The molecule has 3 aliphatic rings. The van der Waals surface area contributed by atoms with Gasteiger partial charge in [-0.3, -0.25) is 14.4 Å². The van der Waals surface area contributed by atoms with E-state index in [0.29, 0.717) is 75.2 Å². The van der Waals surface area contributed by atoms with Gasteiger partial charge < -0.3 is 34.1 Å². The molecule has 10 nitrogen and oxygen atoms in total. The number of piperazine rings is 1. The number of rotatable bonds is 6. The average molecular weight is 630 g/mol. The number of hydrogen-bond acceptors (Lipinski definition) is 7. The summed E-state index contributed by atoms with van der Waals surface area (Å²) in [5, 5.41) is 4.79. The summed E-state index contributed by atoms with van der Waals surface area (Å²) in [6.45, 7) is 7.54. The Kier molecular flexibility index (Phi) is 8.97. The van der Waals surface area contributed by atoms with Crippen LogP contribution in [0.2, 0.25) is 0 Å². The van der Waals surface area contributed by atoms with Gasteiger partial charge in [-0.1, -0.05) is 31.2 Å². The number of pyridine rings is 1. The molecular weight excluding hydrogens is 589 g/mol. The van der Waals surface area contributed by atoms with Crippen LogP contribution in [0, 0.1) is 5.82 Å². The Bertz CT molecular complexity index is 1850. The Morgan fingerprint density at radius 3 is 2.50 bits per heavy atom. The summed E-state index contributed by atoms with van der Waals surface area (Å²) in [5.74, 6) is -0.222. The summed E-state index contributed by atoms with van der Waals surface area (Å²) >= 11 is 0. The number of likely N-dealkylation sites (N-methyl/N-ethyl adjacent to an activating group) is 1. The van der Waals surface area contributed by atoms with E-state index in [-0.39, 0.29) is 34.3 Å². The first-order chi connectivity index (χ1) is 22.2. The first kappa shape index (κ1) is 31.5. The number of aromatic nitrogens is 1. The van der Waals surface area contributed by atoms with Crippen LogP contribution in [-0.4, -0.2) is 92.3 Å². The van der Waals surface area contributed by atoms with Crippen molar-refractivity contribution in [3.05, 3.63) is 70.3 Å². The Hall–Kier alpha value is -4.48. The largest absolute Gasteiger partial charge is 0.451 e. The Balaban J connectivity index is 0.000000568. The summed E-state index contributed by atoms with van der Waals surface area (Å²) < 4.78 is 29.1. The molecule has 3 aromatic carbocycles. The Morgan fingerprint density at radius 2 is 1.85 bits per heavy atom. The lowest BCUT2D eigenvalue weighted by molar-refractivity contribution is -0.110. The molecule has 1 aromatic heterocycles. The number of fused-ring (bicyclic) bond motifs is 3. The van der Waals surface area contributed by atoms with Crippen LogP contribution in [0.15, 0.2) is 53.5 Å². The van der Waals surface area contributed by atoms with Gasteiger partial charge in [-0.05, 0) is 55.8 Å². The molecule has 2 amide bonds. The fraction of sp³-hybridized carbons (Fsp3) is 0.400. The van der Waals surface area contributed by atoms with Crippen LogP contribution in [0.4, 0.5) is 10.1 Å². The molecule has 242 valence electrons. The fourth-order valence-corrected chi connectivity index (χ4v) is 6.28. The van der Waals surface area contributed by atoms with Crippen molar-refractivity contribution >= 4 is 39.7 Å². The first-order valence-electron chi connectivity index (χ1n) is 15.8. The topological polar surface area (TPSA) is 96.4 Å². The summed E-state index contributed by atoms with van der Waals surface area (Å²) in [4.78, 5) is 44.1. The minimum absolute atomic E-state index is 0.00702. The van der Waals surface area contributed by atoms with E-state index in [9.17, 15) is 14.4 Å². The molecule has 11 heteroatoms. The third kappa shape index (κ3) is 5.80. The predicted octanol–water partition coefficient (Wildman–Crippen LogP) is 4.53. The van der Waals surface area contributed by atoms with Gasteiger partial charge >= 0.3 is 0 Å². The van der Waals surface area contributed by atoms with Crippen molar-refractivity contribution < 1.29 is 23.5 Å². The molecule has 0 bridgehead atoms. The number of ether oxygens (including phenoxy) is 2. The van der Waals surface area contributed by atoms with E-state index in [1.165, 1.54) is 6.07 Å². The fourth-order valence-electron chi connectivity index (χ4n) is 6.28. The number of carbonyl (C=O) groups is 2. The highest BCUT2D eigenvalue weighted by molar-refractivity contribution is 6.02. The van der Waals surface area contributed by atoms with Gasteiger partial charge in [0, 0.05) is 58.6 Å². The quantitative estimate of drug-likeness (QED) is 0.276. The molecule has 0 saturated carbocycles. The van der Waals surface area contributed by atoms with E-state index < -0.39 is 11.2 Å². The molecular formula is C35H40FN5O5. The predicted molar refractivity (Wildman–Crippen MR) is 177 cm³/mol. The van der Waals surface area contributed by atoms with Crippen molar-refractivity contribution in [2.24, 2.45) is 0 Å². The standard InChI is InChI=1S/C30H28FN5O4.C5H12O/c1-33-8-10-34(11-9-33)30(39)22-16-36-24-12-18-4-2-3-5-19(18)13-25(24)40-29-26(36)21(28(22)38)14-23(31)27(29)35-7-6-20(15-35)32-17-37;1-4-5(2)6-3/h2-5,12-14,16-17,20H,6-11,15H2,1H3,(H,32,37);5H,4H2,1-3H3. The molecule has 4 heterocycles. The molecule has 0 aliphatic carbocycles. The monoisotopic (exact) mass is 629 g/mol. The third-order valence-corrected chi connectivity index (χ3v) is 9.28. The molecule has 46 heavy (non-hydrogen) atoms. The zero-order valence-electron chi connectivity index (χ0n) is 26.7. The maximum Gasteiger partial charge on any atom is 0.259 e. The number of carbonyl (C=O) groups excluding carboxylic acids is 2. The van der Waals surface area contributed by atoms with E-state index in [0.717, 1.165) is 17.2 Å². The summed E-state index contributed by atoms with van der Waals surface area (Å²) in [6.07, 6.45) is 4.44. The second-order valence-corrected chi connectivity index (χ2v) is 12.2. The van der Waals surface area contributed by atoms with Crippen LogP contribution in [0.1, 0.15) is 37.0 Å². The highest BCUT2D eigenvalue weighted by atomic mass is 19.1. The van der Waals surface area contributed by atoms with Crippen LogP contribution >= 0.6 is 0 Å². The van der Waals surface area contributed by atoms with E-state index in [2.05, 4.69) is 24.1 Å². The van der Waals surface area contributed by atoms with Gasteiger partial charge in [-0.2, -0.15) is 0 Å². The van der Waals surface area contributed by atoms with Gasteiger partial charge in [0.1, 0.15) is 16.8 Å². The number of amides is 2. The molecule has 0 spiro atoms. The molecule has 1 N–H and O–H groups in total. The lowest BCUT2D eigenvalue weighted by atomic mass is 10.0. The van der Waals surface area contributed by atoms with E-state index >= 15 is 4.39 Å². The zero-order valence-corrected chi connectivity index (χ0v) is 26.7. The smallest absolute Gasteiger partial charge is 0.259 e. The van der Waals surface area contributed by atoms with Crippen molar-refractivity contribution in [3.8, 4) is 17.2 Å². The van der Waals surface area contributed by atoms with E-state index in [1.54, 1.807) is 22.8 Å². The summed E-state index contributed by atoms with van der Waals surface area (Å²) in [7, 11) is 3.73. The second kappa shape index (κ2) is 13.1. The minimum Gasteiger partial charge on any atom is -0.451 e. The van der Waals surface area contributed by atoms with Crippen LogP contribution in [0.5, 0.6) is 11.5 Å². The molecule has 2 unspecified atom stereocenters.